The van der Waals surface area contributed by atoms with Crippen LogP contribution in [-0.4, -0.2) is 60.9 Å². The third-order valence-corrected chi connectivity index (χ3v) is 4.01. The van der Waals surface area contributed by atoms with E-state index in [9.17, 15) is 14.7 Å². The zero-order valence-corrected chi connectivity index (χ0v) is 11.2. The second-order valence-electron chi connectivity index (χ2n) is 5.25. The predicted octanol–water partition coefficient (Wildman–Crippen LogP) is 0.504. The fraction of sp³-hybridized carbons (Fsp3) is 0.846. The Morgan fingerprint density at radius 3 is 2.63 bits per heavy atom. The van der Waals surface area contributed by atoms with Crippen LogP contribution in [0.1, 0.15) is 25.7 Å². The molecule has 2 fully saturated rings. The maximum atomic E-state index is 12.3. The van der Waals surface area contributed by atoms with Gasteiger partial charge >= 0.3 is 5.97 Å². The number of carbonyl (C=O) groups is 2. The van der Waals surface area contributed by atoms with Gasteiger partial charge in [0.25, 0.3) is 0 Å². The van der Waals surface area contributed by atoms with Crippen LogP contribution in [0.3, 0.4) is 0 Å². The Balaban J connectivity index is 1.94. The fourth-order valence-electron chi connectivity index (χ4n) is 2.79. The second-order valence-corrected chi connectivity index (χ2v) is 5.25. The number of rotatable bonds is 4. The summed E-state index contributed by atoms with van der Waals surface area (Å²) >= 11 is 0. The molecule has 0 aromatic heterocycles. The molecule has 0 aromatic rings. The minimum absolute atomic E-state index is 0.0705. The van der Waals surface area contributed by atoms with Gasteiger partial charge in [0.15, 0.2) is 0 Å². The van der Waals surface area contributed by atoms with Crippen molar-refractivity contribution in [3.8, 4) is 0 Å². The predicted molar refractivity (Wildman–Crippen MR) is 66.7 cm³/mol. The molecule has 19 heavy (non-hydrogen) atoms. The maximum absolute atomic E-state index is 12.3. The first kappa shape index (κ1) is 14.3. The fourth-order valence-corrected chi connectivity index (χ4v) is 2.79. The number of aliphatic carboxylic acids is 1. The van der Waals surface area contributed by atoms with Crippen LogP contribution in [0, 0.1) is 5.92 Å². The normalized spacial score (nSPS) is 28.6. The Morgan fingerprint density at radius 2 is 2.05 bits per heavy atom. The number of hydrogen-bond donors (Lipinski definition) is 1. The minimum Gasteiger partial charge on any atom is -0.480 e. The van der Waals surface area contributed by atoms with Crippen molar-refractivity contribution in [1.29, 1.82) is 0 Å². The van der Waals surface area contributed by atoms with Crippen molar-refractivity contribution in [3.05, 3.63) is 0 Å². The highest BCUT2D eigenvalue weighted by Crippen LogP contribution is 2.25. The number of methoxy groups -OCH3 is 1. The molecule has 1 amide bonds. The van der Waals surface area contributed by atoms with Crippen LogP contribution in [0.25, 0.3) is 0 Å². The molecule has 6 nitrogen and oxygen atoms in total. The van der Waals surface area contributed by atoms with Gasteiger partial charge in [0.05, 0.1) is 6.10 Å². The van der Waals surface area contributed by atoms with Gasteiger partial charge in [-0.15, -0.1) is 0 Å². The summed E-state index contributed by atoms with van der Waals surface area (Å²) in [4.78, 5) is 24.9. The summed E-state index contributed by atoms with van der Waals surface area (Å²) in [5.41, 5.74) is 0. The molecule has 6 heteroatoms. The van der Waals surface area contributed by atoms with Crippen LogP contribution in [0.4, 0.5) is 0 Å². The molecule has 2 unspecified atom stereocenters. The number of likely N-dealkylation sites (tertiary alicyclic amines) is 1. The maximum Gasteiger partial charge on any atom is 0.326 e. The summed E-state index contributed by atoms with van der Waals surface area (Å²) in [5, 5.41) is 9.18. The molecule has 2 saturated heterocycles. The van der Waals surface area contributed by atoms with Gasteiger partial charge in [-0.2, -0.15) is 0 Å². The Morgan fingerprint density at radius 1 is 1.37 bits per heavy atom. The van der Waals surface area contributed by atoms with Crippen molar-refractivity contribution in [2.75, 3.05) is 26.9 Å². The summed E-state index contributed by atoms with van der Waals surface area (Å²) in [7, 11) is 1.55. The first-order chi connectivity index (χ1) is 9.11. The zero-order chi connectivity index (χ0) is 13.8. The molecule has 2 rings (SSSR count). The highest BCUT2D eigenvalue weighted by Gasteiger charge is 2.40. The molecular formula is C13H21NO5. The van der Waals surface area contributed by atoms with Gasteiger partial charge in [-0.1, -0.05) is 0 Å². The number of carbonyl (C=O) groups excluding carboxylic acids is 1. The van der Waals surface area contributed by atoms with Crippen LogP contribution >= 0.6 is 0 Å². The Hall–Kier alpha value is -1.14. The van der Waals surface area contributed by atoms with E-state index in [1.165, 1.54) is 4.90 Å². The highest BCUT2D eigenvalue weighted by atomic mass is 16.5. The molecule has 2 aliphatic heterocycles. The summed E-state index contributed by atoms with van der Waals surface area (Å²) in [6.45, 7) is 1.78. The van der Waals surface area contributed by atoms with E-state index in [1.54, 1.807) is 7.11 Å². The van der Waals surface area contributed by atoms with Crippen molar-refractivity contribution >= 4 is 11.9 Å². The lowest BCUT2D eigenvalue weighted by Gasteiger charge is -2.26. The molecule has 0 saturated carbocycles. The van der Waals surface area contributed by atoms with E-state index in [0.717, 1.165) is 12.8 Å². The van der Waals surface area contributed by atoms with E-state index in [4.69, 9.17) is 9.47 Å². The Bertz CT molecular complexity index is 340. The van der Waals surface area contributed by atoms with Crippen LogP contribution < -0.4 is 0 Å². The van der Waals surface area contributed by atoms with Crippen molar-refractivity contribution in [1.82, 2.24) is 4.90 Å². The molecule has 0 aliphatic carbocycles. The van der Waals surface area contributed by atoms with Gasteiger partial charge in [0, 0.05) is 39.7 Å². The van der Waals surface area contributed by atoms with Gasteiger partial charge in [0.2, 0.25) is 5.91 Å². The average Bonchev–Trinajstić information content (AvgIpc) is 2.84. The molecule has 1 N–H and O–H groups in total. The molecule has 0 spiro atoms. The topological polar surface area (TPSA) is 76.1 Å². The Kier molecular flexibility index (Phi) is 4.76. The Labute approximate surface area is 112 Å². The summed E-state index contributed by atoms with van der Waals surface area (Å²) in [6.07, 6.45) is 2.39. The molecule has 108 valence electrons. The number of carboxylic acids is 1. The van der Waals surface area contributed by atoms with Gasteiger partial charge in [-0.3, -0.25) is 4.79 Å². The minimum atomic E-state index is -0.945. The lowest BCUT2D eigenvalue weighted by Crippen LogP contribution is -2.41. The van der Waals surface area contributed by atoms with E-state index in [-0.39, 0.29) is 12.0 Å². The molecule has 0 bridgehead atoms. The SMILES string of the molecule is COC1CC(C(=O)O)N(C(=O)CC2CCOCC2)C1. The molecule has 0 aromatic carbocycles. The van der Waals surface area contributed by atoms with Crippen molar-refractivity contribution in [2.45, 2.75) is 37.8 Å². The second kappa shape index (κ2) is 6.34. The molecular weight excluding hydrogens is 250 g/mol. The molecule has 2 heterocycles. The first-order valence-corrected chi connectivity index (χ1v) is 6.74. The van der Waals surface area contributed by atoms with Crippen LogP contribution in [0.2, 0.25) is 0 Å². The number of amides is 1. The zero-order valence-electron chi connectivity index (χ0n) is 11.2. The van der Waals surface area contributed by atoms with Crippen LogP contribution in [0.5, 0.6) is 0 Å². The third-order valence-electron chi connectivity index (χ3n) is 4.01. The lowest BCUT2D eigenvalue weighted by atomic mass is 9.96. The van der Waals surface area contributed by atoms with Gasteiger partial charge in [0.1, 0.15) is 6.04 Å². The quantitative estimate of drug-likeness (QED) is 0.806. The summed E-state index contributed by atoms with van der Waals surface area (Å²) in [6, 6.07) is -0.739. The molecule has 2 atom stereocenters. The van der Waals surface area contributed by atoms with Gasteiger partial charge < -0.3 is 19.5 Å². The van der Waals surface area contributed by atoms with Crippen molar-refractivity contribution < 1.29 is 24.2 Å². The van der Waals surface area contributed by atoms with E-state index in [1.807, 2.05) is 0 Å². The van der Waals surface area contributed by atoms with Crippen LogP contribution in [-0.2, 0) is 19.1 Å². The third kappa shape index (κ3) is 3.45. The summed E-state index contributed by atoms with van der Waals surface area (Å²) in [5.74, 6) is -0.698. The van der Waals surface area contributed by atoms with E-state index in [0.29, 0.717) is 38.5 Å². The number of hydrogen-bond acceptors (Lipinski definition) is 4. The average molecular weight is 271 g/mol. The monoisotopic (exact) mass is 271 g/mol. The smallest absolute Gasteiger partial charge is 0.326 e. The van der Waals surface area contributed by atoms with Gasteiger partial charge in [-0.05, 0) is 18.8 Å². The van der Waals surface area contributed by atoms with Crippen molar-refractivity contribution in [2.24, 2.45) is 5.92 Å². The largest absolute Gasteiger partial charge is 0.480 e. The lowest BCUT2D eigenvalue weighted by molar-refractivity contribution is -0.148. The number of ether oxygens (including phenoxy) is 2. The van der Waals surface area contributed by atoms with E-state index in [2.05, 4.69) is 0 Å². The number of carboxylic acid groups (broad SMARTS) is 1. The standard InChI is InChI=1S/C13H21NO5/c1-18-10-7-11(13(16)17)14(8-10)12(15)6-9-2-4-19-5-3-9/h9-11H,2-8H2,1H3,(H,16,17). The number of nitrogens with zero attached hydrogens (tertiary/aromatic N) is 1. The van der Waals surface area contributed by atoms with Gasteiger partial charge in [-0.25, -0.2) is 4.79 Å². The van der Waals surface area contributed by atoms with Crippen molar-refractivity contribution in [3.63, 3.8) is 0 Å². The molecule has 2 aliphatic rings. The first-order valence-electron chi connectivity index (χ1n) is 6.74. The van der Waals surface area contributed by atoms with E-state index >= 15 is 0 Å². The highest BCUT2D eigenvalue weighted by molar-refractivity contribution is 5.84. The van der Waals surface area contributed by atoms with Crippen LogP contribution in [0.15, 0.2) is 0 Å². The molecule has 0 radical (unpaired) electrons. The summed E-state index contributed by atoms with van der Waals surface area (Å²) < 4.78 is 10.4. The van der Waals surface area contributed by atoms with E-state index < -0.39 is 12.0 Å².